The van der Waals surface area contributed by atoms with E-state index in [1.807, 2.05) is 0 Å². The maximum absolute atomic E-state index is 11.7. The Hall–Kier alpha value is -0.770. The van der Waals surface area contributed by atoms with Crippen molar-refractivity contribution in [2.24, 2.45) is 0 Å². The van der Waals surface area contributed by atoms with Crippen molar-refractivity contribution in [1.82, 2.24) is 0 Å². The molecule has 0 heterocycles. The van der Waals surface area contributed by atoms with Crippen LogP contribution in [-0.2, 0) is 4.79 Å². The van der Waals surface area contributed by atoms with Crippen molar-refractivity contribution in [3.63, 3.8) is 0 Å². The minimum absolute atomic E-state index is 0.998. The van der Waals surface area contributed by atoms with Gasteiger partial charge in [-0.15, -0.1) is 0 Å². The monoisotopic (exact) mass is 360 g/mol. The van der Waals surface area contributed by atoms with E-state index in [0.717, 1.165) is 0 Å². The molecular weight excluding hydrogens is 336 g/mol. The third-order valence-corrected chi connectivity index (χ3v) is 3.44. The SMILES string of the molecule is O=C([C@@H](O)[C@H](O)[C@@H](O)[C@@H](O)CO)[C@H](O)[C@@H](O)[C@@H](O)[C@H](O)[C@H](O)CO. The summed E-state index contributed by atoms with van der Waals surface area (Å²) in [6, 6.07) is 0. The van der Waals surface area contributed by atoms with Crippen molar-refractivity contribution in [2.75, 3.05) is 13.2 Å². The van der Waals surface area contributed by atoms with E-state index >= 15 is 0 Å². The number of carbonyl (C=O) groups is 1. The molecule has 12 nitrogen and oxygen atoms in total. The Morgan fingerprint density at radius 2 is 0.833 bits per heavy atom. The number of carbonyl (C=O) groups excluding carboxylic acids is 1. The first-order valence-electron chi connectivity index (χ1n) is 6.89. The third kappa shape index (κ3) is 5.65. The number of hydrogen-bond donors (Lipinski definition) is 11. The molecular formula is C12H24O12. The summed E-state index contributed by atoms with van der Waals surface area (Å²) in [7, 11) is 0. The number of ketones is 1. The van der Waals surface area contributed by atoms with E-state index in [2.05, 4.69) is 0 Å². The predicted molar refractivity (Wildman–Crippen MR) is 73.2 cm³/mol. The van der Waals surface area contributed by atoms with Crippen molar-refractivity contribution in [3.05, 3.63) is 0 Å². The van der Waals surface area contributed by atoms with Gasteiger partial charge >= 0.3 is 0 Å². The summed E-state index contributed by atoms with van der Waals surface area (Å²) in [5.74, 6) is -1.68. The Balaban J connectivity index is 4.96. The van der Waals surface area contributed by atoms with Crippen LogP contribution in [-0.4, -0.2) is 130 Å². The lowest BCUT2D eigenvalue weighted by Gasteiger charge is -2.30. The lowest BCUT2D eigenvalue weighted by Crippen LogP contribution is -2.56. The Labute approximate surface area is 136 Å². The molecule has 9 atom stereocenters. The third-order valence-electron chi connectivity index (χ3n) is 3.44. The molecule has 0 rings (SSSR count). The molecule has 0 fully saturated rings. The van der Waals surface area contributed by atoms with Crippen LogP contribution in [0.2, 0.25) is 0 Å². The molecule has 0 saturated carbocycles. The highest BCUT2D eigenvalue weighted by Gasteiger charge is 2.42. The van der Waals surface area contributed by atoms with E-state index in [0.29, 0.717) is 0 Å². The number of aliphatic hydroxyl groups is 11. The van der Waals surface area contributed by atoms with Crippen LogP contribution in [0.3, 0.4) is 0 Å². The van der Waals surface area contributed by atoms with Gasteiger partial charge in [-0.1, -0.05) is 0 Å². The highest BCUT2D eigenvalue weighted by molar-refractivity contribution is 5.88. The lowest BCUT2D eigenvalue weighted by molar-refractivity contribution is -0.171. The van der Waals surface area contributed by atoms with Crippen molar-refractivity contribution < 1.29 is 61.0 Å². The van der Waals surface area contributed by atoms with Crippen LogP contribution in [0.25, 0.3) is 0 Å². The molecule has 12 heteroatoms. The largest absolute Gasteiger partial charge is 0.394 e. The Bertz CT molecular complexity index is 379. The summed E-state index contributed by atoms with van der Waals surface area (Å²) in [6.07, 6.45) is -20.2. The predicted octanol–water partition coefficient (Wildman–Crippen LogP) is -7.21. The van der Waals surface area contributed by atoms with Gasteiger partial charge in [-0.25, -0.2) is 0 Å². The second-order valence-corrected chi connectivity index (χ2v) is 5.24. The molecule has 24 heavy (non-hydrogen) atoms. The van der Waals surface area contributed by atoms with Gasteiger partial charge in [-0.2, -0.15) is 0 Å². The molecule has 0 aliphatic carbocycles. The fourth-order valence-electron chi connectivity index (χ4n) is 1.76. The molecule has 0 radical (unpaired) electrons. The molecule has 0 aromatic rings. The van der Waals surface area contributed by atoms with E-state index in [1.54, 1.807) is 0 Å². The van der Waals surface area contributed by atoms with Crippen molar-refractivity contribution in [1.29, 1.82) is 0 Å². The molecule has 11 N–H and O–H groups in total. The molecule has 0 aliphatic rings. The fraction of sp³-hybridized carbons (Fsp3) is 0.917. The normalized spacial score (nSPS) is 23.5. The van der Waals surface area contributed by atoms with Crippen LogP contribution in [0.1, 0.15) is 0 Å². The first-order valence-corrected chi connectivity index (χ1v) is 6.89. The lowest BCUT2D eigenvalue weighted by atomic mass is 9.92. The molecule has 0 bridgehead atoms. The molecule has 0 spiro atoms. The summed E-state index contributed by atoms with van der Waals surface area (Å²) in [5.41, 5.74) is 0. The van der Waals surface area contributed by atoms with Gasteiger partial charge in [-0.3, -0.25) is 4.79 Å². The molecule has 0 aromatic heterocycles. The average Bonchev–Trinajstić information content (AvgIpc) is 2.61. The molecule has 0 saturated heterocycles. The van der Waals surface area contributed by atoms with Crippen LogP contribution in [0, 0.1) is 0 Å². The van der Waals surface area contributed by atoms with E-state index in [1.165, 1.54) is 0 Å². The van der Waals surface area contributed by atoms with Gasteiger partial charge in [0, 0.05) is 0 Å². The zero-order valence-corrected chi connectivity index (χ0v) is 12.4. The smallest absolute Gasteiger partial charge is 0.195 e. The van der Waals surface area contributed by atoms with Crippen molar-refractivity contribution in [3.8, 4) is 0 Å². The van der Waals surface area contributed by atoms with E-state index in [-0.39, 0.29) is 0 Å². The zero-order chi connectivity index (χ0) is 19.2. The number of rotatable bonds is 11. The maximum atomic E-state index is 11.7. The summed E-state index contributed by atoms with van der Waals surface area (Å²) in [5, 5.41) is 102. The average molecular weight is 360 g/mol. The van der Waals surface area contributed by atoms with Gasteiger partial charge in [0.25, 0.3) is 0 Å². The Kier molecular flexibility index (Phi) is 9.94. The minimum atomic E-state index is -2.55. The van der Waals surface area contributed by atoms with Gasteiger partial charge in [0.1, 0.15) is 54.9 Å². The van der Waals surface area contributed by atoms with Crippen LogP contribution >= 0.6 is 0 Å². The van der Waals surface area contributed by atoms with E-state index < -0.39 is 73.9 Å². The molecule has 0 aliphatic heterocycles. The minimum Gasteiger partial charge on any atom is -0.394 e. The van der Waals surface area contributed by atoms with Crippen LogP contribution < -0.4 is 0 Å². The molecule has 0 aromatic carbocycles. The number of aliphatic hydroxyl groups excluding tert-OH is 11. The molecule has 144 valence electrons. The highest BCUT2D eigenvalue weighted by atomic mass is 16.4. The van der Waals surface area contributed by atoms with Crippen molar-refractivity contribution >= 4 is 5.78 Å². The first kappa shape index (κ1) is 23.2. The molecule has 0 unspecified atom stereocenters. The van der Waals surface area contributed by atoms with Gasteiger partial charge in [0.15, 0.2) is 5.78 Å². The van der Waals surface area contributed by atoms with E-state index in [9.17, 15) is 40.5 Å². The second-order valence-electron chi connectivity index (χ2n) is 5.24. The summed E-state index contributed by atoms with van der Waals surface area (Å²) in [6.45, 7) is -2.00. The second kappa shape index (κ2) is 10.3. The number of Topliss-reactive ketones (excluding diaryl/α,β-unsaturated/α-hetero) is 1. The maximum Gasteiger partial charge on any atom is 0.195 e. The first-order chi connectivity index (χ1) is 11.0. The van der Waals surface area contributed by atoms with Gasteiger partial charge in [0.05, 0.1) is 13.2 Å². The van der Waals surface area contributed by atoms with Crippen molar-refractivity contribution in [2.45, 2.75) is 54.9 Å². The standard InChI is InChI=1S/C12H24O12/c13-1-3(15)5(17)7(19)9(21)11(23)12(24)10(22)8(20)6(18)4(16)2-14/h3-11,13-23H,1-2H2/t3-,4+,5-,6+,7+,8-,9+,10+,11-/m1/s1. The van der Waals surface area contributed by atoms with Crippen LogP contribution in [0.5, 0.6) is 0 Å². The van der Waals surface area contributed by atoms with Crippen LogP contribution in [0.4, 0.5) is 0 Å². The van der Waals surface area contributed by atoms with Gasteiger partial charge in [-0.05, 0) is 0 Å². The highest BCUT2D eigenvalue weighted by Crippen LogP contribution is 2.13. The molecule has 0 amide bonds. The quantitative estimate of drug-likeness (QED) is 0.165. The summed E-state index contributed by atoms with van der Waals surface area (Å²) >= 11 is 0. The fourth-order valence-corrected chi connectivity index (χ4v) is 1.76. The zero-order valence-electron chi connectivity index (χ0n) is 12.4. The summed E-state index contributed by atoms with van der Waals surface area (Å²) < 4.78 is 0. The van der Waals surface area contributed by atoms with E-state index in [4.69, 9.17) is 20.4 Å². The number of hydrogen-bond acceptors (Lipinski definition) is 12. The Morgan fingerprint density at radius 3 is 1.17 bits per heavy atom. The van der Waals surface area contributed by atoms with Gasteiger partial charge in [0.2, 0.25) is 0 Å². The summed E-state index contributed by atoms with van der Waals surface area (Å²) in [4.78, 5) is 11.7. The topological polar surface area (TPSA) is 240 Å². The van der Waals surface area contributed by atoms with Crippen LogP contribution in [0.15, 0.2) is 0 Å². The Morgan fingerprint density at radius 1 is 0.542 bits per heavy atom. The van der Waals surface area contributed by atoms with Gasteiger partial charge < -0.3 is 56.2 Å².